The summed E-state index contributed by atoms with van der Waals surface area (Å²) in [5.41, 5.74) is 0.451. The van der Waals surface area contributed by atoms with Crippen LogP contribution >= 0.6 is 0 Å². The Kier molecular flexibility index (Phi) is 9.94. The second-order valence-electron chi connectivity index (χ2n) is 8.51. The van der Waals surface area contributed by atoms with E-state index < -0.39 is 10.0 Å². The number of likely N-dealkylation sites (tertiary alicyclic amines) is 1. The molecule has 9 heteroatoms. The summed E-state index contributed by atoms with van der Waals surface area (Å²) in [6.07, 6.45) is 2.08. The molecule has 0 radical (unpaired) electrons. The molecule has 1 aromatic carbocycles. The molecule has 0 aromatic heterocycles. The summed E-state index contributed by atoms with van der Waals surface area (Å²) >= 11 is 0. The molecule has 2 rings (SSSR count). The lowest BCUT2D eigenvalue weighted by molar-refractivity contribution is -0.117. The highest BCUT2D eigenvalue weighted by molar-refractivity contribution is 7.89. The monoisotopic (exact) mass is 468 g/mol. The third-order valence-corrected chi connectivity index (χ3v) is 8.17. The van der Waals surface area contributed by atoms with Crippen LogP contribution in [0.1, 0.15) is 47.5 Å². The van der Waals surface area contributed by atoms with Crippen molar-refractivity contribution in [2.45, 2.75) is 64.4 Å². The molecule has 1 aromatic rings. The quantitative estimate of drug-likeness (QED) is 0.538. The molecular formula is C23H40N4O4S. The van der Waals surface area contributed by atoms with Crippen LogP contribution in [0.15, 0.2) is 23.1 Å². The van der Waals surface area contributed by atoms with Crippen LogP contribution in [-0.4, -0.2) is 86.9 Å². The number of sulfonamides is 1. The smallest absolute Gasteiger partial charge is 0.246 e. The molecule has 1 saturated heterocycles. The lowest BCUT2D eigenvalue weighted by Crippen LogP contribution is -2.47. The summed E-state index contributed by atoms with van der Waals surface area (Å²) < 4.78 is 33.2. The van der Waals surface area contributed by atoms with Crippen molar-refractivity contribution < 1.29 is 17.9 Å². The Hall–Kier alpha value is -1.68. The van der Waals surface area contributed by atoms with Gasteiger partial charge in [0.25, 0.3) is 0 Å². The number of benzene rings is 1. The van der Waals surface area contributed by atoms with E-state index in [9.17, 15) is 13.2 Å². The zero-order valence-corrected chi connectivity index (χ0v) is 21.2. The zero-order chi connectivity index (χ0) is 23.9. The van der Waals surface area contributed by atoms with E-state index in [0.29, 0.717) is 43.2 Å². The van der Waals surface area contributed by atoms with Gasteiger partial charge in [0.05, 0.1) is 13.2 Å². The molecule has 1 aliphatic rings. The van der Waals surface area contributed by atoms with Gasteiger partial charge in [0.1, 0.15) is 10.6 Å². The van der Waals surface area contributed by atoms with Crippen LogP contribution in [0, 0.1) is 0 Å². The van der Waals surface area contributed by atoms with E-state index >= 15 is 0 Å². The Morgan fingerprint density at radius 2 is 1.81 bits per heavy atom. The molecule has 0 saturated carbocycles. The Balaban J connectivity index is 2.09. The topological polar surface area (TPSA) is 82.2 Å². The molecule has 182 valence electrons. The first-order chi connectivity index (χ1) is 15.1. The molecule has 1 fully saturated rings. The normalized spacial score (nSPS) is 16.2. The van der Waals surface area contributed by atoms with Crippen LogP contribution in [0.3, 0.4) is 0 Å². The molecule has 1 aliphatic heterocycles. The summed E-state index contributed by atoms with van der Waals surface area (Å²) in [7, 11) is -1.75. The zero-order valence-electron chi connectivity index (χ0n) is 20.4. The lowest BCUT2D eigenvalue weighted by Gasteiger charge is -2.38. The van der Waals surface area contributed by atoms with E-state index in [1.807, 2.05) is 14.0 Å². The number of amides is 1. The second-order valence-corrected chi connectivity index (χ2v) is 10.4. The molecule has 0 aliphatic carbocycles. The van der Waals surface area contributed by atoms with E-state index in [4.69, 9.17) is 4.74 Å². The van der Waals surface area contributed by atoms with Gasteiger partial charge in [-0.1, -0.05) is 13.8 Å². The number of hydrogen-bond donors (Lipinski definition) is 1. The highest BCUT2D eigenvalue weighted by Crippen LogP contribution is 2.30. The van der Waals surface area contributed by atoms with Crippen molar-refractivity contribution in [2.24, 2.45) is 0 Å². The first-order valence-corrected chi connectivity index (χ1v) is 13.1. The first-order valence-electron chi connectivity index (χ1n) is 11.6. The Bertz CT molecular complexity index is 848. The van der Waals surface area contributed by atoms with Crippen molar-refractivity contribution >= 4 is 21.6 Å². The van der Waals surface area contributed by atoms with Crippen molar-refractivity contribution in [3.63, 3.8) is 0 Å². The van der Waals surface area contributed by atoms with E-state index in [0.717, 1.165) is 25.9 Å². The maximum atomic E-state index is 13.1. The van der Waals surface area contributed by atoms with E-state index in [1.165, 1.54) is 10.4 Å². The highest BCUT2D eigenvalue weighted by Gasteiger charge is 2.27. The van der Waals surface area contributed by atoms with Gasteiger partial charge in [0.2, 0.25) is 15.9 Å². The van der Waals surface area contributed by atoms with Crippen LogP contribution in [0.2, 0.25) is 0 Å². The Morgan fingerprint density at radius 3 is 2.34 bits per heavy atom. The first kappa shape index (κ1) is 26.6. The predicted octanol–water partition coefficient (Wildman–Crippen LogP) is 2.86. The molecule has 32 heavy (non-hydrogen) atoms. The van der Waals surface area contributed by atoms with Gasteiger partial charge in [0.15, 0.2) is 0 Å². The molecule has 0 spiro atoms. The summed E-state index contributed by atoms with van der Waals surface area (Å²) in [6, 6.07) is 5.71. The number of rotatable bonds is 11. The Morgan fingerprint density at radius 1 is 1.19 bits per heavy atom. The van der Waals surface area contributed by atoms with Crippen molar-refractivity contribution in [1.29, 1.82) is 0 Å². The number of piperidine rings is 1. The van der Waals surface area contributed by atoms with Crippen molar-refractivity contribution in [1.82, 2.24) is 14.1 Å². The van der Waals surface area contributed by atoms with Crippen molar-refractivity contribution in [3.8, 4) is 5.75 Å². The Labute approximate surface area is 193 Å². The van der Waals surface area contributed by atoms with Gasteiger partial charge < -0.3 is 15.0 Å². The molecule has 1 heterocycles. The molecule has 0 unspecified atom stereocenters. The fourth-order valence-corrected chi connectivity index (χ4v) is 5.78. The highest BCUT2D eigenvalue weighted by atomic mass is 32.2. The van der Waals surface area contributed by atoms with Gasteiger partial charge in [-0.25, -0.2) is 8.42 Å². The summed E-state index contributed by atoms with van der Waals surface area (Å²) in [5, 5.41) is 2.87. The molecule has 1 amide bonds. The number of likely N-dealkylation sites (N-methyl/N-ethyl adjacent to an activating group) is 1. The summed E-state index contributed by atoms with van der Waals surface area (Å²) in [6.45, 7) is 13.3. The number of nitrogens with one attached hydrogen (secondary N) is 1. The van der Waals surface area contributed by atoms with Crippen molar-refractivity contribution in [2.75, 3.05) is 51.7 Å². The van der Waals surface area contributed by atoms with E-state index in [2.05, 4.69) is 29.0 Å². The van der Waals surface area contributed by atoms with Gasteiger partial charge in [-0.2, -0.15) is 4.31 Å². The fourth-order valence-electron chi connectivity index (χ4n) is 4.16. The lowest BCUT2D eigenvalue weighted by atomic mass is 10.0. The minimum Gasteiger partial charge on any atom is -0.492 e. The number of nitrogens with zero attached hydrogens (tertiary/aromatic N) is 3. The minimum absolute atomic E-state index is 0.0789. The van der Waals surface area contributed by atoms with Gasteiger partial charge in [-0.15, -0.1) is 0 Å². The molecule has 0 atom stereocenters. The van der Waals surface area contributed by atoms with Crippen LogP contribution in [0.25, 0.3) is 0 Å². The summed E-state index contributed by atoms with van der Waals surface area (Å²) in [4.78, 5) is 17.3. The third kappa shape index (κ3) is 6.66. The average Bonchev–Trinajstić information content (AvgIpc) is 2.75. The second kappa shape index (κ2) is 12.0. The molecule has 1 N–H and O–H groups in total. The average molecular weight is 469 g/mol. The van der Waals surface area contributed by atoms with E-state index in [-0.39, 0.29) is 17.3 Å². The SMILES string of the molecule is CCOc1ccc(NC(=O)CN(C)C2CCN(C(C)C)CC2)cc1S(=O)(=O)N(CC)CC. The molecule has 8 nitrogen and oxygen atoms in total. The van der Waals surface area contributed by atoms with Gasteiger partial charge in [-0.3, -0.25) is 9.69 Å². The minimum atomic E-state index is -3.72. The number of hydrogen-bond acceptors (Lipinski definition) is 6. The molecule has 0 bridgehead atoms. The molecular weight excluding hydrogens is 428 g/mol. The van der Waals surface area contributed by atoms with Gasteiger partial charge in [-0.05, 0) is 71.9 Å². The number of ether oxygens (including phenoxy) is 1. The number of carbonyl (C=O) groups is 1. The largest absolute Gasteiger partial charge is 0.492 e. The van der Waals surface area contributed by atoms with Gasteiger partial charge in [0, 0.05) is 30.9 Å². The maximum Gasteiger partial charge on any atom is 0.246 e. The van der Waals surface area contributed by atoms with E-state index in [1.54, 1.807) is 26.0 Å². The fraction of sp³-hybridized carbons (Fsp3) is 0.696. The number of anilines is 1. The van der Waals surface area contributed by atoms with Crippen LogP contribution in [0.4, 0.5) is 5.69 Å². The third-order valence-electron chi connectivity index (χ3n) is 6.10. The van der Waals surface area contributed by atoms with Gasteiger partial charge >= 0.3 is 0 Å². The summed E-state index contributed by atoms with van der Waals surface area (Å²) in [5.74, 6) is 0.139. The van der Waals surface area contributed by atoms with Crippen LogP contribution in [0.5, 0.6) is 5.75 Å². The van der Waals surface area contributed by atoms with Crippen LogP contribution in [-0.2, 0) is 14.8 Å². The van der Waals surface area contributed by atoms with Crippen molar-refractivity contribution in [3.05, 3.63) is 18.2 Å². The standard InChI is InChI=1S/C23H40N4O4S/c1-7-27(8-2)32(29,30)22-16-19(10-11-21(22)31-9-3)24-23(28)17-25(6)20-12-14-26(15-13-20)18(4)5/h10-11,16,18,20H,7-9,12-15,17H2,1-6H3,(H,24,28). The maximum absolute atomic E-state index is 13.1. The van der Waals surface area contributed by atoms with Crippen LogP contribution < -0.4 is 10.1 Å². The number of carbonyl (C=O) groups excluding carboxylic acids is 1. The predicted molar refractivity (Wildman–Crippen MR) is 129 cm³/mol.